The van der Waals surface area contributed by atoms with Crippen LogP contribution in [0.25, 0.3) is 0 Å². The molecule has 0 saturated carbocycles. The molecule has 80 valence electrons. The minimum atomic E-state index is -0.578. The van der Waals surface area contributed by atoms with E-state index in [0.29, 0.717) is 12.1 Å². The Morgan fingerprint density at radius 1 is 1.53 bits per heavy atom. The first-order valence-corrected chi connectivity index (χ1v) is 4.74. The van der Waals surface area contributed by atoms with Crippen molar-refractivity contribution in [1.82, 2.24) is 20.0 Å². The zero-order chi connectivity index (χ0) is 11.0. The SMILES string of the molecule is CCN1C(=O)NC(c2cnn(C)c2)C1=O. The Bertz CT molecular complexity index is 412. The van der Waals surface area contributed by atoms with Gasteiger partial charge < -0.3 is 5.32 Å². The van der Waals surface area contributed by atoms with Crippen LogP contribution in [-0.4, -0.2) is 33.2 Å². The largest absolute Gasteiger partial charge is 0.325 e. The number of urea groups is 1. The summed E-state index contributed by atoms with van der Waals surface area (Å²) in [7, 11) is 1.77. The van der Waals surface area contributed by atoms with E-state index in [2.05, 4.69) is 10.4 Å². The van der Waals surface area contributed by atoms with Crippen LogP contribution in [-0.2, 0) is 11.8 Å². The van der Waals surface area contributed by atoms with Crippen molar-refractivity contribution in [2.45, 2.75) is 13.0 Å². The molecule has 1 atom stereocenters. The summed E-state index contributed by atoms with van der Waals surface area (Å²) in [4.78, 5) is 24.3. The van der Waals surface area contributed by atoms with Crippen molar-refractivity contribution in [2.24, 2.45) is 7.05 Å². The Balaban J connectivity index is 2.26. The van der Waals surface area contributed by atoms with Gasteiger partial charge in [0.1, 0.15) is 6.04 Å². The number of nitrogens with zero attached hydrogens (tertiary/aromatic N) is 3. The van der Waals surface area contributed by atoms with Crippen molar-refractivity contribution in [3.63, 3.8) is 0 Å². The van der Waals surface area contributed by atoms with Crippen LogP contribution in [0.4, 0.5) is 4.79 Å². The van der Waals surface area contributed by atoms with E-state index in [1.807, 2.05) is 0 Å². The zero-order valence-corrected chi connectivity index (χ0v) is 8.60. The molecule has 2 heterocycles. The Kier molecular flexibility index (Phi) is 2.18. The molecule has 1 aromatic heterocycles. The van der Waals surface area contributed by atoms with E-state index in [1.165, 1.54) is 4.90 Å². The lowest BCUT2D eigenvalue weighted by Gasteiger charge is -2.08. The van der Waals surface area contributed by atoms with Gasteiger partial charge in [-0.3, -0.25) is 14.4 Å². The summed E-state index contributed by atoms with van der Waals surface area (Å²) < 4.78 is 1.60. The highest BCUT2D eigenvalue weighted by Crippen LogP contribution is 2.20. The lowest BCUT2D eigenvalue weighted by atomic mass is 10.1. The maximum atomic E-state index is 11.8. The Hall–Kier alpha value is -1.85. The molecule has 1 N–H and O–H groups in total. The first-order chi connectivity index (χ1) is 7.13. The van der Waals surface area contributed by atoms with Gasteiger partial charge in [-0.1, -0.05) is 0 Å². The number of imide groups is 1. The van der Waals surface area contributed by atoms with E-state index in [9.17, 15) is 9.59 Å². The predicted molar refractivity (Wildman–Crippen MR) is 51.9 cm³/mol. The van der Waals surface area contributed by atoms with E-state index in [1.54, 1.807) is 31.0 Å². The Morgan fingerprint density at radius 3 is 2.73 bits per heavy atom. The first-order valence-electron chi connectivity index (χ1n) is 4.74. The summed E-state index contributed by atoms with van der Waals surface area (Å²) in [5, 5.41) is 6.58. The van der Waals surface area contributed by atoms with Gasteiger partial charge >= 0.3 is 6.03 Å². The maximum absolute atomic E-state index is 11.8. The smallest absolute Gasteiger partial charge is 0.322 e. The third-order valence-electron chi connectivity index (χ3n) is 2.40. The summed E-state index contributed by atoms with van der Waals surface area (Å²) in [6, 6.07) is -0.914. The monoisotopic (exact) mass is 208 g/mol. The summed E-state index contributed by atoms with van der Waals surface area (Å²) in [5.74, 6) is -0.212. The van der Waals surface area contributed by atoms with Gasteiger partial charge in [-0.2, -0.15) is 5.10 Å². The average molecular weight is 208 g/mol. The summed E-state index contributed by atoms with van der Waals surface area (Å²) in [5.41, 5.74) is 0.715. The lowest BCUT2D eigenvalue weighted by molar-refractivity contribution is -0.127. The van der Waals surface area contributed by atoms with Gasteiger partial charge in [-0.05, 0) is 6.92 Å². The zero-order valence-electron chi connectivity index (χ0n) is 8.60. The minimum absolute atomic E-state index is 0.212. The molecule has 0 aliphatic carbocycles. The summed E-state index contributed by atoms with van der Waals surface area (Å²) >= 11 is 0. The van der Waals surface area contributed by atoms with Crippen LogP contribution in [0.3, 0.4) is 0 Å². The lowest BCUT2D eigenvalue weighted by Crippen LogP contribution is -2.30. The van der Waals surface area contributed by atoms with Crippen molar-refractivity contribution in [3.05, 3.63) is 18.0 Å². The van der Waals surface area contributed by atoms with Gasteiger partial charge in [-0.25, -0.2) is 4.79 Å². The van der Waals surface area contributed by atoms with Gasteiger partial charge in [0.15, 0.2) is 0 Å². The van der Waals surface area contributed by atoms with E-state index in [0.717, 1.165) is 0 Å². The topological polar surface area (TPSA) is 67.2 Å². The fraction of sp³-hybridized carbons (Fsp3) is 0.444. The number of amides is 3. The van der Waals surface area contributed by atoms with Crippen LogP contribution in [0.5, 0.6) is 0 Å². The van der Waals surface area contributed by atoms with Gasteiger partial charge in [-0.15, -0.1) is 0 Å². The molecule has 2 rings (SSSR count). The number of hydrogen-bond donors (Lipinski definition) is 1. The predicted octanol–water partition coefficient (Wildman–Crippen LogP) is 0.0329. The molecule has 3 amide bonds. The molecule has 0 bridgehead atoms. The van der Waals surface area contributed by atoms with Crippen LogP contribution >= 0.6 is 0 Å². The molecule has 0 radical (unpaired) electrons. The van der Waals surface area contributed by atoms with Crippen molar-refractivity contribution in [1.29, 1.82) is 0 Å². The second-order valence-corrected chi connectivity index (χ2v) is 3.41. The quantitative estimate of drug-likeness (QED) is 0.697. The van der Waals surface area contributed by atoms with E-state index in [-0.39, 0.29) is 11.9 Å². The normalized spacial score (nSPS) is 20.9. The number of carbonyl (C=O) groups excluding carboxylic acids is 2. The highest BCUT2D eigenvalue weighted by atomic mass is 16.2. The fourth-order valence-corrected chi connectivity index (χ4v) is 1.63. The Labute approximate surface area is 86.9 Å². The number of aromatic nitrogens is 2. The molecule has 1 aliphatic heterocycles. The number of rotatable bonds is 2. The van der Waals surface area contributed by atoms with Crippen molar-refractivity contribution in [2.75, 3.05) is 6.54 Å². The van der Waals surface area contributed by atoms with Crippen LogP contribution in [0.2, 0.25) is 0 Å². The number of hydrogen-bond acceptors (Lipinski definition) is 3. The van der Waals surface area contributed by atoms with Crippen LogP contribution < -0.4 is 5.32 Å². The molecule has 1 aromatic rings. The third-order valence-corrected chi connectivity index (χ3v) is 2.40. The van der Waals surface area contributed by atoms with Gasteiger partial charge in [0.2, 0.25) is 0 Å². The van der Waals surface area contributed by atoms with E-state index < -0.39 is 6.04 Å². The standard InChI is InChI=1S/C9H12N4O2/c1-3-13-8(14)7(11-9(13)15)6-4-10-12(2)5-6/h4-5,7H,3H2,1-2H3,(H,11,15). The number of carbonyl (C=O) groups is 2. The molecule has 1 unspecified atom stereocenters. The summed E-state index contributed by atoms with van der Waals surface area (Å²) in [6.07, 6.45) is 3.31. The van der Waals surface area contributed by atoms with Gasteiger partial charge in [0.25, 0.3) is 5.91 Å². The van der Waals surface area contributed by atoms with Crippen LogP contribution in [0.15, 0.2) is 12.4 Å². The fourth-order valence-electron chi connectivity index (χ4n) is 1.63. The number of nitrogens with one attached hydrogen (secondary N) is 1. The van der Waals surface area contributed by atoms with Crippen molar-refractivity contribution in [3.8, 4) is 0 Å². The molecular formula is C9H12N4O2. The molecule has 6 nitrogen and oxygen atoms in total. The van der Waals surface area contributed by atoms with E-state index >= 15 is 0 Å². The second-order valence-electron chi connectivity index (χ2n) is 3.41. The highest BCUT2D eigenvalue weighted by molar-refractivity contribution is 6.04. The minimum Gasteiger partial charge on any atom is -0.322 e. The molecule has 1 fully saturated rings. The van der Waals surface area contributed by atoms with Gasteiger partial charge in [0.05, 0.1) is 6.20 Å². The van der Waals surface area contributed by atoms with Crippen LogP contribution in [0.1, 0.15) is 18.5 Å². The molecule has 1 saturated heterocycles. The maximum Gasteiger partial charge on any atom is 0.325 e. The average Bonchev–Trinajstić information content (AvgIpc) is 2.71. The highest BCUT2D eigenvalue weighted by Gasteiger charge is 2.38. The second kappa shape index (κ2) is 3.38. The third kappa shape index (κ3) is 1.47. The molecule has 6 heteroatoms. The molecule has 15 heavy (non-hydrogen) atoms. The molecule has 0 aromatic carbocycles. The Morgan fingerprint density at radius 2 is 2.27 bits per heavy atom. The molecule has 1 aliphatic rings. The summed E-state index contributed by atoms with van der Waals surface area (Å²) in [6.45, 7) is 2.16. The van der Waals surface area contributed by atoms with Crippen molar-refractivity contribution >= 4 is 11.9 Å². The number of aryl methyl sites for hydroxylation is 1. The molecular weight excluding hydrogens is 196 g/mol. The van der Waals surface area contributed by atoms with Crippen molar-refractivity contribution < 1.29 is 9.59 Å². The van der Waals surface area contributed by atoms with Crippen LogP contribution in [0, 0.1) is 0 Å². The van der Waals surface area contributed by atoms with E-state index in [4.69, 9.17) is 0 Å². The van der Waals surface area contributed by atoms with Gasteiger partial charge in [0, 0.05) is 25.4 Å². The molecule has 0 spiro atoms. The number of likely N-dealkylation sites (N-methyl/N-ethyl adjacent to an activating group) is 1. The first kappa shape index (κ1) is 9.70.